The highest BCUT2D eigenvalue weighted by molar-refractivity contribution is 7.99. The summed E-state index contributed by atoms with van der Waals surface area (Å²) < 4.78 is 1.89. The van der Waals surface area contributed by atoms with Crippen molar-refractivity contribution < 1.29 is 4.79 Å². The monoisotopic (exact) mass is 320 g/mol. The molecule has 2 aromatic heterocycles. The zero-order valence-electron chi connectivity index (χ0n) is 13.5. The molecule has 0 aliphatic rings. The summed E-state index contributed by atoms with van der Waals surface area (Å²) in [6, 6.07) is 5.97. The highest BCUT2D eigenvalue weighted by atomic mass is 32.2. The third-order valence-electron chi connectivity index (χ3n) is 3.44. The smallest absolute Gasteiger partial charge is 0.230 e. The second-order valence-corrected chi connectivity index (χ2v) is 6.94. The first-order chi connectivity index (χ1) is 10.6. The Hall–Kier alpha value is -1.56. The predicted molar refractivity (Wildman–Crippen MR) is 90.0 cm³/mol. The summed E-state index contributed by atoms with van der Waals surface area (Å²) in [4.78, 5) is 12.0. The van der Waals surface area contributed by atoms with Crippen LogP contribution in [0.5, 0.6) is 0 Å². The Bertz CT molecular complexity index is 611. The van der Waals surface area contributed by atoms with Gasteiger partial charge in [-0.05, 0) is 31.4 Å². The molecule has 1 N–H and O–H groups in total. The van der Waals surface area contributed by atoms with Gasteiger partial charge in [0.2, 0.25) is 5.91 Å². The third kappa shape index (κ3) is 5.02. The third-order valence-corrected chi connectivity index (χ3v) is 4.38. The lowest BCUT2D eigenvalue weighted by Crippen LogP contribution is -2.33. The maximum Gasteiger partial charge on any atom is 0.230 e. The van der Waals surface area contributed by atoms with E-state index in [4.69, 9.17) is 0 Å². The summed E-state index contributed by atoms with van der Waals surface area (Å²) in [5.74, 6) is 1.14. The summed E-state index contributed by atoms with van der Waals surface area (Å²) >= 11 is 1.41. The first-order valence-corrected chi connectivity index (χ1v) is 8.76. The fourth-order valence-electron chi connectivity index (χ4n) is 2.27. The van der Waals surface area contributed by atoms with Crippen LogP contribution < -0.4 is 5.32 Å². The van der Waals surface area contributed by atoms with E-state index in [0.717, 1.165) is 29.6 Å². The molecule has 0 fully saturated rings. The van der Waals surface area contributed by atoms with E-state index in [2.05, 4.69) is 36.3 Å². The molecule has 1 unspecified atom stereocenters. The number of amides is 1. The van der Waals surface area contributed by atoms with Crippen LogP contribution in [0.2, 0.25) is 0 Å². The topological polar surface area (TPSA) is 59.3 Å². The number of rotatable bonds is 8. The number of carbonyl (C=O) groups is 1. The van der Waals surface area contributed by atoms with Crippen molar-refractivity contribution in [1.82, 2.24) is 19.9 Å². The lowest BCUT2D eigenvalue weighted by atomic mass is 10.0. The molecule has 0 saturated carbocycles. The second-order valence-electron chi connectivity index (χ2n) is 5.99. The van der Waals surface area contributed by atoms with Gasteiger partial charge in [0.1, 0.15) is 0 Å². The van der Waals surface area contributed by atoms with Crippen molar-refractivity contribution in [1.29, 1.82) is 0 Å². The van der Waals surface area contributed by atoms with Crippen LogP contribution in [0, 0.1) is 5.92 Å². The van der Waals surface area contributed by atoms with Gasteiger partial charge in [0.25, 0.3) is 0 Å². The number of carbonyl (C=O) groups excluding carboxylic acids is 1. The normalized spacial score (nSPS) is 12.7. The molecule has 0 bridgehead atoms. The number of nitrogens with zero attached hydrogens (tertiary/aromatic N) is 3. The van der Waals surface area contributed by atoms with Gasteiger partial charge in [-0.15, -0.1) is 10.2 Å². The van der Waals surface area contributed by atoms with Crippen LogP contribution in [0.1, 0.15) is 40.0 Å². The fraction of sp³-hybridized carbons (Fsp3) is 0.562. The number of aromatic nitrogens is 3. The molecule has 22 heavy (non-hydrogen) atoms. The van der Waals surface area contributed by atoms with E-state index in [0.29, 0.717) is 5.75 Å². The predicted octanol–water partition coefficient (Wildman–Crippen LogP) is 3.15. The number of hydrogen-bond donors (Lipinski definition) is 1. The Kier molecular flexibility index (Phi) is 6.24. The van der Waals surface area contributed by atoms with Crippen LogP contribution in [0.15, 0.2) is 29.6 Å². The van der Waals surface area contributed by atoms with Gasteiger partial charge in [-0.25, -0.2) is 0 Å². The first-order valence-electron chi connectivity index (χ1n) is 7.78. The van der Waals surface area contributed by atoms with E-state index in [1.54, 1.807) is 0 Å². The van der Waals surface area contributed by atoms with Crippen LogP contribution >= 0.6 is 11.8 Å². The summed E-state index contributed by atoms with van der Waals surface area (Å²) in [6.45, 7) is 6.51. The van der Waals surface area contributed by atoms with Crippen LogP contribution in [0.4, 0.5) is 0 Å². The van der Waals surface area contributed by atoms with Crippen LogP contribution in [0.25, 0.3) is 5.65 Å². The molecule has 2 heterocycles. The van der Waals surface area contributed by atoms with E-state index in [1.165, 1.54) is 18.2 Å². The van der Waals surface area contributed by atoms with Crippen molar-refractivity contribution in [3.8, 4) is 0 Å². The van der Waals surface area contributed by atoms with Crippen molar-refractivity contribution in [2.75, 3.05) is 5.75 Å². The average Bonchev–Trinajstić information content (AvgIpc) is 2.88. The van der Waals surface area contributed by atoms with Gasteiger partial charge < -0.3 is 5.32 Å². The van der Waals surface area contributed by atoms with Crippen molar-refractivity contribution in [2.45, 2.75) is 51.2 Å². The fourth-order valence-corrected chi connectivity index (χ4v) is 3.00. The molecular weight excluding hydrogens is 296 g/mol. The maximum absolute atomic E-state index is 12.0. The Morgan fingerprint density at radius 2 is 2.09 bits per heavy atom. The van der Waals surface area contributed by atoms with Crippen molar-refractivity contribution in [3.05, 3.63) is 24.4 Å². The molecule has 6 heteroatoms. The van der Waals surface area contributed by atoms with Gasteiger partial charge in [0.15, 0.2) is 10.8 Å². The van der Waals surface area contributed by atoms with Gasteiger partial charge in [-0.2, -0.15) is 0 Å². The standard InChI is InChI=1S/C16H24N4OS/c1-12(2)7-6-8-13(3)17-15(21)11-22-16-19-18-14-9-4-5-10-20(14)16/h4-5,9-10,12-13H,6-8,11H2,1-3H3,(H,17,21). The lowest BCUT2D eigenvalue weighted by molar-refractivity contribution is -0.119. The molecule has 5 nitrogen and oxygen atoms in total. The molecule has 120 valence electrons. The SMILES string of the molecule is CC(C)CCCC(C)NC(=O)CSc1nnc2ccccn12. The van der Waals surface area contributed by atoms with E-state index in [-0.39, 0.29) is 11.9 Å². The van der Waals surface area contributed by atoms with Crippen LogP contribution in [0.3, 0.4) is 0 Å². The molecule has 1 amide bonds. The van der Waals surface area contributed by atoms with Gasteiger partial charge >= 0.3 is 0 Å². The van der Waals surface area contributed by atoms with Crippen LogP contribution in [-0.4, -0.2) is 32.3 Å². The minimum absolute atomic E-state index is 0.0507. The number of pyridine rings is 1. The zero-order chi connectivity index (χ0) is 15.9. The van der Waals surface area contributed by atoms with Crippen molar-refractivity contribution in [3.63, 3.8) is 0 Å². The Balaban J connectivity index is 1.75. The molecule has 2 rings (SSSR count). The van der Waals surface area contributed by atoms with Gasteiger partial charge in [0.05, 0.1) is 5.75 Å². The summed E-state index contributed by atoms with van der Waals surface area (Å²) in [6.07, 6.45) is 5.30. The second kappa shape index (κ2) is 8.17. The highest BCUT2D eigenvalue weighted by Crippen LogP contribution is 2.16. The molecule has 0 aromatic carbocycles. The quantitative estimate of drug-likeness (QED) is 0.759. The number of hydrogen-bond acceptors (Lipinski definition) is 4. The minimum Gasteiger partial charge on any atom is -0.353 e. The van der Waals surface area contributed by atoms with E-state index in [9.17, 15) is 4.79 Å². The largest absolute Gasteiger partial charge is 0.353 e. The molecule has 0 spiro atoms. The van der Waals surface area contributed by atoms with Crippen molar-refractivity contribution >= 4 is 23.3 Å². The molecule has 0 radical (unpaired) electrons. The zero-order valence-corrected chi connectivity index (χ0v) is 14.3. The van der Waals surface area contributed by atoms with Crippen LogP contribution in [-0.2, 0) is 4.79 Å². The summed E-state index contributed by atoms with van der Waals surface area (Å²) in [5, 5.41) is 12.0. The Labute approximate surface area is 135 Å². The Morgan fingerprint density at radius 3 is 2.86 bits per heavy atom. The molecule has 0 aliphatic carbocycles. The van der Waals surface area contributed by atoms with Gasteiger partial charge in [-0.3, -0.25) is 9.20 Å². The average molecular weight is 320 g/mol. The molecular formula is C16H24N4OS. The number of nitrogens with one attached hydrogen (secondary N) is 1. The summed E-state index contributed by atoms with van der Waals surface area (Å²) in [7, 11) is 0. The summed E-state index contributed by atoms with van der Waals surface area (Å²) in [5.41, 5.74) is 0.799. The molecule has 2 aromatic rings. The number of fused-ring (bicyclic) bond motifs is 1. The minimum atomic E-state index is 0.0507. The van der Waals surface area contributed by atoms with E-state index in [1.807, 2.05) is 28.8 Å². The van der Waals surface area contributed by atoms with Gasteiger partial charge in [0, 0.05) is 12.2 Å². The number of thioether (sulfide) groups is 1. The van der Waals surface area contributed by atoms with E-state index < -0.39 is 0 Å². The Morgan fingerprint density at radius 1 is 1.27 bits per heavy atom. The molecule has 0 aliphatic heterocycles. The van der Waals surface area contributed by atoms with Crippen molar-refractivity contribution in [2.24, 2.45) is 5.92 Å². The lowest BCUT2D eigenvalue weighted by Gasteiger charge is -2.14. The molecule has 0 saturated heterocycles. The molecule has 1 atom stereocenters. The first kappa shape index (κ1) is 16.8. The van der Waals surface area contributed by atoms with Gasteiger partial charge in [-0.1, -0.05) is 44.5 Å². The highest BCUT2D eigenvalue weighted by Gasteiger charge is 2.11. The maximum atomic E-state index is 12.0. The van der Waals surface area contributed by atoms with E-state index >= 15 is 0 Å².